The zero-order valence-electron chi connectivity index (χ0n) is 13.2. The minimum absolute atomic E-state index is 0.224. The zero-order valence-corrected chi connectivity index (χ0v) is 13.2. The van der Waals surface area contributed by atoms with Crippen LogP contribution in [0.5, 0.6) is 11.5 Å². The van der Waals surface area contributed by atoms with Crippen molar-refractivity contribution in [3.63, 3.8) is 0 Å². The molecule has 0 radical (unpaired) electrons. The quantitative estimate of drug-likeness (QED) is 0.319. The predicted molar refractivity (Wildman–Crippen MR) is 83.6 cm³/mol. The third-order valence-electron chi connectivity index (χ3n) is 3.07. The maximum absolute atomic E-state index is 11.7. The molecule has 0 aliphatic carbocycles. The largest absolute Gasteiger partial charge is 0.493 e. The van der Waals surface area contributed by atoms with Crippen LogP contribution in [0.4, 0.5) is 0 Å². The SMILES string of the molecule is CCCCCOC(=O)C=C(C#N)c1ccc(OC)c(OC)c1. The average molecular weight is 303 g/mol. The fraction of sp³-hybridized carbons (Fsp3) is 0.412. The van der Waals surface area contributed by atoms with Gasteiger partial charge in [-0.3, -0.25) is 0 Å². The Kier molecular flexibility index (Phi) is 7.55. The van der Waals surface area contributed by atoms with E-state index in [0.29, 0.717) is 23.7 Å². The second-order valence-electron chi connectivity index (χ2n) is 4.61. The van der Waals surface area contributed by atoms with Crippen LogP contribution in [-0.4, -0.2) is 26.8 Å². The highest BCUT2D eigenvalue weighted by Gasteiger charge is 2.10. The molecule has 0 unspecified atom stereocenters. The maximum atomic E-state index is 11.7. The summed E-state index contributed by atoms with van der Waals surface area (Å²) in [5, 5.41) is 9.23. The number of methoxy groups -OCH3 is 2. The lowest BCUT2D eigenvalue weighted by Gasteiger charge is -2.09. The molecule has 118 valence electrons. The van der Waals surface area contributed by atoms with E-state index in [1.54, 1.807) is 18.2 Å². The van der Waals surface area contributed by atoms with Gasteiger partial charge >= 0.3 is 5.97 Å². The van der Waals surface area contributed by atoms with E-state index in [2.05, 4.69) is 6.92 Å². The number of rotatable bonds is 8. The summed E-state index contributed by atoms with van der Waals surface area (Å²) in [5.74, 6) is 0.547. The number of ether oxygens (including phenoxy) is 3. The molecule has 0 bridgehead atoms. The van der Waals surface area contributed by atoms with Gasteiger partial charge in [-0.05, 0) is 30.2 Å². The Morgan fingerprint density at radius 3 is 2.55 bits per heavy atom. The van der Waals surface area contributed by atoms with Gasteiger partial charge in [-0.25, -0.2) is 4.79 Å². The molecule has 5 heteroatoms. The van der Waals surface area contributed by atoms with Crippen molar-refractivity contribution in [2.45, 2.75) is 26.2 Å². The van der Waals surface area contributed by atoms with E-state index >= 15 is 0 Å². The van der Waals surface area contributed by atoms with Crippen molar-refractivity contribution in [1.82, 2.24) is 0 Å². The number of nitrogens with zero attached hydrogens (tertiary/aromatic N) is 1. The molecule has 0 spiro atoms. The first-order valence-corrected chi connectivity index (χ1v) is 7.17. The van der Waals surface area contributed by atoms with Crippen LogP contribution in [0.2, 0.25) is 0 Å². The number of carbonyl (C=O) groups is 1. The Morgan fingerprint density at radius 2 is 1.95 bits per heavy atom. The van der Waals surface area contributed by atoms with E-state index < -0.39 is 5.97 Å². The monoisotopic (exact) mass is 303 g/mol. The zero-order chi connectivity index (χ0) is 16.4. The van der Waals surface area contributed by atoms with Crippen LogP contribution in [0.25, 0.3) is 5.57 Å². The van der Waals surface area contributed by atoms with Crippen LogP contribution in [-0.2, 0) is 9.53 Å². The highest BCUT2D eigenvalue weighted by molar-refractivity contribution is 5.95. The van der Waals surface area contributed by atoms with E-state index in [0.717, 1.165) is 19.3 Å². The molecule has 0 aromatic heterocycles. The Balaban J connectivity index is 2.85. The van der Waals surface area contributed by atoms with Gasteiger partial charge in [-0.15, -0.1) is 0 Å². The molecule has 0 atom stereocenters. The number of benzene rings is 1. The van der Waals surface area contributed by atoms with Crippen LogP contribution in [0.3, 0.4) is 0 Å². The number of hydrogen-bond acceptors (Lipinski definition) is 5. The first kappa shape index (κ1) is 17.6. The molecule has 0 fully saturated rings. The molecule has 0 aliphatic rings. The van der Waals surface area contributed by atoms with Gasteiger partial charge in [0.2, 0.25) is 0 Å². The Hall–Kier alpha value is -2.48. The van der Waals surface area contributed by atoms with Crippen molar-refractivity contribution in [2.75, 3.05) is 20.8 Å². The van der Waals surface area contributed by atoms with E-state index in [1.165, 1.54) is 20.3 Å². The van der Waals surface area contributed by atoms with E-state index in [9.17, 15) is 10.1 Å². The number of unbranched alkanes of at least 4 members (excludes halogenated alkanes) is 2. The lowest BCUT2D eigenvalue weighted by molar-refractivity contribution is -0.137. The van der Waals surface area contributed by atoms with Gasteiger partial charge in [0.15, 0.2) is 11.5 Å². The van der Waals surface area contributed by atoms with Gasteiger partial charge in [0, 0.05) is 6.08 Å². The topological polar surface area (TPSA) is 68.6 Å². The third-order valence-corrected chi connectivity index (χ3v) is 3.07. The molecule has 0 saturated carbocycles. The highest BCUT2D eigenvalue weighted by Crippen LogP contribution is 2.30. The minimum atomic E-state index is -0.512. The fourth-order valence-electron chi connectivity index (χ4n) is 1.87. The molecule has 0 N–H and O–H groups in total. The molecule has 0 heterocycles. The van der Waals surface area contributed by atoms with Gasteiger partial charge < -0.3 is 14.2 Å². The number of nitriles is 1. The summed E-state index contributed by atoms with van der Waals surface area (Å²) in [6.07, 6.45) is 4.10. The number of allylic oxidation sites excluding steroid dienone is 1. The molecule has 0 aliphatic heterocycles. The standard InChI is InChI=1S/C17H21NO4/c1-4-5-6-9-22-17(19)11-14(12-18)13-7-8-15(20-2)16(10-13)21-3/h7-8,10-11H,4-6,9H2,1-3H3. The summed E-state index contributed by atoms with van der Waals surface area (Å²) in [6, 6.07) is 7.04. The van der Waals surface area contributed by atoms with Crippen LogP contribution < -0.4 is 9.47 Å². The van der Waals surface area contributed by atoms with Crippen molar-refractivity contribution >= 4 is 11.5 Å². The van der Waals surface area contributed by atoms with Gasteiger partial charge in [-0.1, -0.05) is 19.8 Å². The number of hydrogen-bond donors (Lipinski definition) is 0. The Morgan fingerprint density at radius 1 is 1.23 bits per heavy atom. The maximum Gasteiger partial charge on any atom is 0.332 e. The summed E-state index contributed by atoms with van der Waals surface area (Å²) < 4.78 is 15.4. The number of esters is 1. The van der Waals surface area contributed by atoms with Gasteiger partial charge in [0.05, 0.1) is 26.4 Å². The molecule has 1 aromatic carbocycles. The van der Waals surface area contributed by atoms with Crippen molar-refractivity contribution in [3.05, 3.63) is 29.8 Å². The van der Waals surface area contributed by atoms with E-state index in [-0.39, 0.29) is 5.57 Å². The van der Waals surface area contributed by atoms with Crippen molar-refractivity contribution in [3.8, 4) is 17.6 Å². The van der Waals surface area contributed by atoms with E-state index in [4.69, 9.17) is 14.2 Å². The van der Waals surface area contributed by atoms with Gasteiger partial charge in [0.25, 0.3) is 0 Å². The highest BCUT2D eigenvalue weighted by atomic mass is 16.5. The third kappa shape index (κ3) is 5.13. The van der Waals surface area contributed by atoms with Crippen LogP contribution in [0.1, 0.15) is 31.7 Å². The summed E-state index contributed by atoms with van der Waals surface area (Å²) in [4.78, 5) is 11.7. The second-order valence-corrected chi connectivity index (χ2v) is 4.61. The molecule has 0 amide bonds. The first-order valence-electron chi connectivity index (χ1n) is 7.17. The van der Waals surface area contributed by atoms with Crippen molar-refractivity contribution in [2.24, 2.45) is 0 Å². The van der Waals surface area contributed by atoms with Crippen LogP contribution in [0.15, 0.2) is 24.3 Å². The van der Waals surface area contributed by atoms with Gasteiger partial charge in [0.1, 0.15) is 6.07 Å². The summed E-state index contributed by atoms with van der Waals surface area (Å²) in [6.45, 7) is 2.44. The first-order chi connectivity index (χ1) is 10.7. The molecule has 22 heavy (non-hydrogen) atoms. The van der Waals surface area contributed by atoms with Crippen molar-refractivity contribution in [1.29, 1.82) is 5.26 Å². The smallest absolute Gasteiger partial charge is 0.332 e. The van der Waals surface area contributed by atoms with Crippen molar-refractivity contribution < 1.29 is 19.0 Å². The fourth-order valence-corrected chi connectivity index (χ4v) is 1.87. The molecule has 5 nitrogen and oxygen atoms in total. The Bertz CT molecular complexity index is 573. The lowest BCUT2D eigenvalue weighted by atomic mass is 10.1. The van der Waals surface area contributed by atoms with Crippen LogP contribution >= 0.6 is 0 Å². The molecular weight excluding hydrogens is 282 g/mol. The number of carbonyl (C=O) groups excluding carboxylic acids is 1. The van der Waals surface area contributed by atoms with Gasteiger partial charge in [-0.2, -0.15) is 5.26 Å². The molecule has 0 saturated heterocycles. The lowest BCUT2D eigenvalue weighted by Crippen LogP contribution is -2.03. The summed E-state index contributed by atoms with van der Waals surface area (Å²) in [5.41, 5.74) is 0.798. The summed E-state index contributed by atoms with van der Waals surface area (Å²) >= 11 is 0. The second kappa shape index (κ2) is 9.46. The average Bonchev–Trinajstić information content (AvgIpc) is 2.56. The molecular formula is C17H21NO4. The summed E-state index contributed by atoms with van der Waals surface area (Å²) in [7, 11) is 3.05. The van der Waals surface area contributed by atoms with Crippen LogP contribution in [0, 0.1) is 11.3 Å². The Labute approximate surface area is 131 Å². The van der Waals surface area contributed by atoms with E-state index in [1.807, 2.05) is 6.07 Å². The minimum Gasteiger partial charge on any atom is -0.493 e. The predicted octanol–water partition coefficient (Wildman–Crippen LogP) is 3.34. The normalized spacial score (nSPS) is 10.7. The molecule has 1 rings (SSSR count). The molecule has 1 aromatic rings.